The Kier molecular flexibility index (Phi) is 6.21. The van der Waals surface area contributed by atoms with Crippen LogP contribution in [0.3, 0.4) is 0 Å². The average Bonchev–Trinajstić information content (AvgIpc) is 3.04. The smallest absolute Gasteiger partial charge is 0.458 e. The van der Waals surface area contributed by atoms with Crippen LogP contribution in [0.2, 0.25) is 0 Å². The van der Waals surface area contributed by atoms with Crippen molar-refractivity contribution in [2.24, 2.45) is 22.7 Å². The van der Waals surface area contributed by atoms with E-state index in [2.05, 4.69) is 0 Å². The van der Waals surface area contributed by atoms with Gasteiger partial charge in [0.25, 0.3) is 0 Å². The van der Waals surface area contributed by atoms with Crippen LogP contribution in [-0.2, 0) is 28.7 Å². The highest BCUT2D eigenvalue weighted by Gasteiger charge is 2.75. The number of ketones is 2. The lowest BCUT2D eigenvalue weighted by atomic mass is 9.43. The summed E-state index contributed by atoms with van der Waals surface area (Å²) in [5.41, 5.74) is -6.88. The monoisotopic (exact) mass is 518 g/mol. The zero-order valence-corrected chi connectivity index (χ0v) is 20.4. The number of Topliss-reactive ketones (excluding diaryl/α,β-unsaturated/α-hetero) is 1. The van der Waals surface area contributed by atoms with Crippen LogP contribution >= 0.6 is 0 Å². The predicted molar refractivity (Wildman–Crippen MR) is 115 cm³/mol. The van der Waals surface area contributed by atoms with Crippen LogP contribution in [0.25, 0.3) is 0 Å². The second kappa shape index (κ2) is 8.36. The molecular formula is C25H30F4O7. The second-order valence-corrected chi connectivity index (χ2v) is 11.1. The number of hydrogen-bond acceptors (Lipinski definition) is 7. The van der Waals surface area contributed by atoms with Crippen LogP contribution in [0.1, 0.15) is 65.7 Å². The number of aliphatic hydroxyl groups is 1. The molecule has 200 valence electrons. The summed E-state index contributed by atoms with van der Waals surface area (Å²) in [6, 6.07) is 0. The lowest BCUT2D eigenvalue weighted by Gasteiger charge is -2.63. The van der Waals surface area contributed by atoms with E-state index in [1.807, 2.05) is 0 Å². The molecule has 0 saturated heterocycles. The van der Waals surface area contributed by atoms with Gasteiger partial charge < -0.3 is 14.6 Å². The third-order valence-electron chi connectivity index (χ3n) is 9.52. The molecule has 3 fully saturated rings. The van der Waals surface area contributed by atoms with Gasteiger partial charge >= 0.3 is 18.1 Å². The van der Waals surface area contributed by atoms with Gasteiger partial charge in [-0.05, 0) is 50.5 Å². The highest BCUT2D eigenvalue weighted by molar-refractivity contribution is 5.92. The average molecular weight is 519 g/mol. The Morgan fingerprint density at radius 1 is 1.11 bits per heavy atom. The van der Waals surface area contributed by atoms with E-state index in [4.69, 9.17) is 9.47 Å². The van der Waals surface area contributed by atoms with Crippen LogP contribution in [0, 0.1) is 22.7 Å². The van der Waals surface area contributed by atoms with Crippen molar-refractivity contribution in [1.29, 1.82) is 0 Å². The Morgan fingerprint density at radius 3 is 2.39 bits per heavy atom. The summed E-state index contributed by atoms with van der Waals surface area (Å²) < 4.78 is 66.9. The molecule has 0 aromatic rings. The van der Waals surface area contributed by atoms with E-state index < -0.39 is 77.0 Å². The summed E-state index contributed by atoms with van der Waals surface area (Å²) in [6.45, 7) is 3.41. The number of allylic oxidation sites excluding steroid dienone is 1. The van der Waals surface area contributed by atoms with E-state index in [9.17, 15) is 37.5 Å². The van der Waals surface area contributed by atoms with Crippen molar-refractivity contribution in [3.8, 4) is 0 Å². The van der Waals surface area contributed by atoms with Crippen molar-refractivity contribution in [3.05, 3.63) is 11.6 Å². The number of ether oxygens (including phenoxy) is 2. The molecule has 7 atom stereocenters. The molecule has 7 nitrogen and oxygen atoms in total. The molecule has 36 heavy (non-hydrogen) atoms. The molecule has 4 aliphatic carbocycles. The number of carbonyl (C=O) groups is 4. The zero-order valence-electron chi connectivity index (χ0n) is 20.4. The standard InChI is InChI=1S/C25H30F4O7/c1-13(30)35-12-18(32)23(34)9-7-16-17-5-4-14-10-15(31)6-8-21(14,2)24(17,26)19(11-22(16,23)3)36-20(33)25(27,28)29/h10,16-17,19,34H,4-9,11-12H2,1-3H3/t16-,17-,19?,21-,22-,23-,24-/m0/s1. The molecule has 11 heteroatoms. The molecule has 0 heterocycles. The first kappa shape index (κ1) is 26.8. The molecule has 0 aromatic heterocycles. The molecule has 1 N–H and O–H groups in total. The van der Waals surface area contributed by atoms with E-state index in [1.165, 1.54) is 13.0 Å². The highest BCUT2D eigenvalue weighted by atomic mass is 19.4. The number of esters is 2. The Morgan fingerprint density at radius 2 is 1.78 bits per heavy atom. The molecule has 0 amide bonds. The maximum atomic E-state index is 17.6. The Labute approximate surface area is 205 Å². The highest BCUT2D eigenvalue weighted by Crippen LogP contribution is 2.70. The van der Waals surface area contributed by atoms with Crippen molar-refractivity contribution < 1.29 is 51.3 Å². The largest absolute Gasteiger partial charge is 0.490 e. The van der Waals surface area contributed by atoms with Crippen LogP contribution in [0.5, 0.6) is 0 Å². The number of halogens is 4. The molecule has 0 aromatic carbocycles. The molecule has 0 radical (unpaired) electrons. The molecule has 0 bridgehead atoms. The number of carbonyl (C=O) groups excluding carboxylic acids is 4. The fourth-order valence-corrected chi connectivity index (χ4v) is 7.61. The van der Waals surface area contributed by atoms with Gasteiger partial charge in [-0.2, -0.15) is 13.2 Å². The van der Waals surface area contributed by atoms with Crippen LogP contribution in [-0.4, -0.2) is 58.8 Å². The molecule has 4 aliphatic rings. The minimum absolute atomic E-state index is 0.00503. The minimum atomic E-state index is -5.38. The van der Waals surface area contributed by atoms with E-state index in [0.29, 0.717) is 12.0 Å². The fourth-order valence-electron chi connectivity index (χ4n) is 7.61. The second-order valence-electron chi connectivity index (χ2n) is 11.1. The first-order valence-corrected chi connectivity index (χ1v) is 12.1. The normalized spacial score (nSPS) is 41.9. The molecule has 0 aliphatic heterocycles. The summed E-state index contributed by atoms with van der Waals surface area (Å²) >= 11 is 0. The Hall–Kier alpha value is -2.30. The van der Waals surface area contributed by atoms with Gasteiger partial charge in [0.2, 0.25) is 5.78 Å². The molecular weight excluding hydrogens is 488 g/mol. The van der Waals surface area contributed by atoms with Gasteiger partial charge in [0, 0.05) is 30.1 Å². The summed E-state index contributed by atoms with van der Waals surface area (Å²) in [4.78, 5) is 48.3. The topological polar surface area (TPSA) is 107 Å². The molecule has 0 spiro atoms. The summed E-state index contributed by atoms with van der Waals surface area (Å²) in [7, 11) is 0. The number of fused-ring (bicyclic) bond motifs is 5. The first-order chi connectivity index (χ1) is 16.5. The van der Waals surface area contributed by atoms with Crippen LogP contribution in [0.4, 0.5) is 17.6 Å². The van der Waals surface area contributed by atoms with E-state index in [-0.39, 0.29) is 37.9 Å². The minimum Gasteiger partial charge on any atom is -0.458 e. The van der Waals surface area contributed by atoms with Gasteiger partial charge in [0.1, 0.15) is 11.7 Å². The summed E-state index contributed by atoms with van der Waals surface area (Å²) in [5.74, 6) is -5.88. The number of hydrogen-bond donors (Lipinski definition) is 1. The molecule has 4 rings (SSSR count). The summed E-state index contributed by atoms with van der Waals surface area (Å²) in [6.07, 6.45) is -5.85. The van der Waals surface area contributed by atoms with Gasteiger partial charge in [0.15, 0.2) is 18.1 Å². The first-order valence-electron chi connectivity index (χ1n) is 12.1. The third-order valence-corrected chi connectivity index (χ3v) is 9.52. The van der Waals surface area contributed by atoms with Crippen molar-refractivity contribution >= 4 is 23.5 Å². The number of rotatable bonds is 4. The van der Waals surface area contributed by atoms with E-state index >= 15 is 4.39 Å². The van der Waals surface area contributed by atoms with Gasteiger partial charge in [-0.3, -0.25) is 14.4 Å². The van der Waals surface area contributed by atoms with Gasteiger partial charge in [-0.15, -0.1) is 0 Å². The lowest BCUT2D eigenvalue weighted by Crippen LogP contribution is -2.70. The van der Waals surface area contributed by atoms with Gasteiger partial charge in [-0.1, -0.05) is 19.4 Å². The lowest BCUT2D eigenvalue weighted by molar-refractivity contribution is -0.253. The Balaban J connectivity index is 1.81. The third kappa shape index (κ3) is 3.63. The van der Waals surface area contributed by atoms with Crippen molar-refractivity contribution in [1.82, 2.24) is 0 Å². The number of alkyl halides is 4. The van der Waals surface area contributed by atoms with Crippen molar-refractivity contribution in [3.63, 3.8) is 0 Å². The SMILES string of the molecule is CC(=O)OCC(=O)[C@@]1(O)CC[C@H]2[C@@H]3CCC4=CC(=O)CC[C@]4(C)[C@@]3(F)C(OC(=O)C(F)(F)F)C[C@@]21C. The molecule has 3 saturated carbocycles. The van der Waals surface area contributed by atoms with Gasteiger partial charge in [0.05, 0.1) is 0 Å². The van der Waals surface area contributed by atoms with E-state index in [1.54, 1.807) is 6.92 Å². The zero-order chi connectivity index (χ0) is 26.9. The van der Waals surface area contributed by atoms with Crippen LogP contribution < -0.4 is 0 Å². The predicted octanol–water partition coefficient (Wildman–Crippen LogP) is 3.56. The maximum absolute atomic E-state index is 17.6. The quantitative estimate of drug-likeness (QED) is 0.448. The van der Waals surface area contributed by atoms with Crippen molar-refractivity contribution in [2.75, 3.05) is 6.61 Å². The van der Waals surface area contributed by atoms with Gasteiger partial charge in [-0.25, -0.2) is 9.18 Å². The maximum Gasteiger partial charge on any atom is 0.490 e. The van der Waals surface area contributed by atoms with E-state index in [0.717, 1.165) is 6.92 Å². The van der Waals surface area contributed by atoms with Crippen molar-refractivity contribution in [2.45, 2.75) is 89.3 Å². The Bertz CT molecular complexity index is 1040. The fraction of sp³-hybridized carbons (Fsp3) is 0.760. The van der Waals surface area contributed by atoms with Crippen LogP contribution in [0.15, 0.2) is 11.6 Å². The summed E-state index contributed by atoms with van der Waals surface area (Å²) in [5, 5.41) is 11.6. The molecule has 1 unspecified atom stereocenters.